The van der Waals surface area contributed by atoms with Crippen molar-refractivity contribution in [2.75, 3.05) is 17.7 Å². The molecule has 1 aliphatic carbocycles. The minimum atomic E-state index is 0.551. The van der Waals surface area contributed by atoms with Crippen molar-refractivity contribution in [2.45, 2.75) is 40.0 Å². The highest BCUT2D eigenvalue weighted by atomic mass is 35.5. The standard InChI is InChI=1S/C9H9N3OS.C7H6ClNO.C5H10.C2H6/c1-10-7-3-11-12(4-7)8-2-9(5-13)14-6-8;8-6-3-1-2-4-7(6)9-5-10;1-2-5-3-4-5;1-2/h2-6,10H,1H3;1-5H,(H,9,10);5H,2-4H2,1H3;1-2H3. The van der Waals surface area contributed by atoms with Crippen molar-refractivity contribution in [1.29, 1.82) is 0 Å². The number of nitrogens with zero attached hydrogens (tertiary/aromatic N) is 2. The lowest BCUT2D eigenvalue weighted by Crippen LogP contribution is -1.93. The van der Waals surface area contributed by atoms with Gasteiger partial charge in [0.1, 0.15) is 0 Å². The van der Waals surface area contributed by atoms with Gasteiger partial charge in [-0.15, -0.1) is 11.3 Å². The molecule has 2 heterocycles. The number of thiophene rings is 1. The number of hydrogen-bond donors (Lipinski definition) is 2. The fraction of sp³-hybridized carbons (Fsp3) is 0.348. The van der Waals surface area contributed by atoms with Crippen LogP contribution in [0.25, 0.3) is 5.69 Å². The number of amides is 1. The molecule has 6 nitrogen and oxygen atoms in total. The lowest BCUT2D eigenvalue weighted by molar-refractivity contribution is -0.105. The predicted octanol–water partition coefficient (Wildman–Crippen LogP) is 6.53. The van der Waals surface area contributed by atoms with E-state index in [9.17, 15) is 9.59 Å². The van der Waals surface area contributed by atoms with E-state index in [0.29, 0.717) is 22.0 Å². The smallest absolute Gasteiger partial charge is 0.211 e. The van der Waals surface area contributed by atoms with Crippen molar-refractivity contribution in [3.05, 3.63) is 58.0 Å². The molecule has 0 unspecified atom stereocenters. The lowest BCUT2D eigenvalue weighted by atomic mass is 10.3. The SMILES string of the molecule is CC.CCC1CC1.CNc1cnn(-c2csc(C=O)c2)c1.O=CNc1ccccc1Cl. The number of rotatable bonds is 6. The summed E-state index contributed by atoms with van der Waals surface area (Å²) in [6, 6.07) is 8.87. The first-order valence-electron chi connectivity index (χ1n) is 10.3. The highest BCUT2D eigenvalue weighted by Crippen LogP contribution is 2.31. The molecule has 8 heteroatoms. The van der Waals surface area contributed by atoms with Gasteiger partial charge in [-0.1, -0.05) is 63.8 Å². The number of halogens is 1. The van der Waals surface area contributed by atoms with E-state index in [4.69, 9.17) is 11.6 Å². The number of carbonyl (C=O) groups excluding carboxylic acids is 2. The highest BCUT2D eigenvalue weighted by molar-refractivity contribution is 7.12. The third-order valence-electron chi connectivity index (χ3n) is 4.22. The van der Waals surface area contributed by atoms with Gasteiger partial charge in [-0.3, -0.25) is 9.59 Å². The second-order valence-corrected chi connectivity index (χ2v) is 7.69. The Hall–Kier alpha value is -2.64. The molecule has 1 aliphatic rings. The number of benzene rings is 1. The van der Waals surface area contributed by atoms with Gasteiger partial charge < -0.3 is 10.6 Å². The first-order valence-corrected chi connectivity index (χ1v) is 11.6. The maximum Gasteiger partial charge on any atom is 0.211 e. The number of aldehydes is 1. The molecule has 1 amide bonds. The molecule has 0 saturated heterocycles. The molecule has 4 rings (SSSR count). The van der Waals surface area contributed by atoms with Crippen LogP contribution in [0.4, 0.5) is 11.4 Å². The average Bonchev–Trinajstić information content (AvgIpc) is 3.33. The lowest BCUT2D eigenvalue weighted by Gasteiger charge is -1.98. The predicted molar refractivity (Wildman–Crippen MR) is 132 cm³/mol. The molecule has 3 aromatic rings. The summed E-state index contributed by atoms with van der Waals surface area (Å²) in [4.78, 5) is 21.1. The summed E-state index contributed by atoms with van der Waals surface area (Å²) in [5.41, 5.74) is 2.50. The van der Waals surface area contributed by atoms with Crippen LogP contribution < -0.4 is 10.6 Å². The number of aromatic nitrogens is 2. The van der Waals surface area contributed by atoms with Crippen molar-refractivity contribution in [3.63, 3.8) is 0 Å². The molecule has 0 spiro atoms. The summed E-state index contributed by atoms with van der Waals surface area (Å²) in [7, 11) is 1.84. The Morgan fingerprint density at radius 2 is 1.97 bits per heavy atom. The van der Waals surface area contributed by atoms with Crippen molar-refractivity contribution in [2.24, 2.45) is 5.92 Å². The molecule has 2 N–H and O–H groups in total. The average molecular weight is 463 g/mol. The largest absolute Gasteiger partial charge is 0.386 e. The number of hydrogen-bond acceptors (Lipinski definition) is 5. The highest BCUT2D eigenvalue weighted by Gasteiger charge is 2.17. The van der Waals surface area contributed by atoms with Crippen molar-refractivity contribution in [1.82, 2.24) is 9.78 Å². The zero-order chi connectivity index (χ0) is 23.1. The summed E-state index contributed by atoms with van der Waals surface area (Å²) in [6.07, 6.45) is 9.49. The second kappa shape index (κ2) is 15.2. The molecular formula is C23H31ClN4O2S. The molecule has 0 atom stereocenters. The Morgan fingerprint density at radius 3 is 2.42 bits per heavy atom. The topological polar surface area (TPSA) is 76.0 Å². The third kappa shape index (κ3) is 9.81. The number of carbonyl (C=O) groups is 2. The van der Waals surface area contributed by atoms with Crippen LogP contribution in [0.1, 0.15) is 49.7 Å². The van der Waals surface area contributed by atoms with Crippen LogP contribution in [0.3, 0.4) is 0 Å². The normalized spacial score (nSPS) is 11.4. The minimum Gasteiger partial charge on any atom is -0.386 e. The van der Waals surface area contributed by atoms with Crippen molar-refractivity contribution in [3.8, 4) is 5.69 Å². The first kappa shape index (κ1) is 26.4. The van der Waals surface area contributed by atoms with E-state index in [0.717, 1.165) is 23.6 Å². The molecule has 0 bridgehead atoms. The number of para-hydroxylation sites is 1. The van der Waals surface area contributed by atoms with E-state index < -0.39 is 0 Å². The minimum absolute atomic E-state index is 0.551. The van der Waals surface area contributed by atoms with E-state index in [2.05, 4.69) is 22.7 Å². The van der Waals surface area contributed by atoms with E-state index in [1.165, 1.54) is 30.6 Å². The van der Waals surface area contributed by atoms with Gasteiger partial charge in [0.15, 0.2) is 6.29 Å². The van der Waals surface area contributed by atoms with Crippen LogP contribution >= 0.6 is 22.9 Å². The van der Waals surface area contributed by atoms with Gasteiger partial charge in [0.2, 0.25) is 6.41 Å². The molecule has 31 heavy (non-hydrogen) atoms. The van der Waals surface area contributed by atoms with E-state index >= 15 is 0 Å². The molecule has 1 saturated carbocycles. The van der Waals surface area contributed by atoms with E-state index in [1.807, 2.05) is 38.5 Å². The zero-order valence-corrected chi connectivity index (χ0v) is 20.0. The first-order chi connectivity index (χ1) is 15.1. The summed E-state index contributed by atoms with van der Waals surface area (Å²) in [5, 5.41) is 12.1. The Balaban J connectivity index is 0.000000246. The van der Waals surface area contributed by atoms with Crippen LogP contribution in [0, 0.1) is 5.92 Å². The Kier molecular flexibility index (Phi) is 12.9. The van der Waals surface area contributed by atoms with Crippen molar-refractivity contribution >= 4 is 47.0 Å². The molecule has 168 valence electrons. The molecule has 1 fully saturated rings. The van der Waals surface area contributed by atoms with Gasteiger partial charge in [-0.05, 0) is 24.1 Å². The quantitative estimate of drug-likeness (QED) is 0.408. The molecule has 1 aromatic carbocycles. The number of nitrogens with one attached hydrogen (secondary N) is 2. The Bertz CT molecular complexity index is 906. The van der Waals surface area contributed by atoms with Crippen LogP contribution in [-0.4, -0.2) is 29.5 Å². The van der Waals surface area contributed by atoms with Gasteiger partial charge in [-0.2, -0.15) is 5.10 Å². The molecular weight excluding hydrogens is 432 g/mol. The maximum absolute atomic E-state index is 10.5. The van der Waals surface area contributed by atoms with Gasteiger partial charge in [0, 0.05) is 12.4 Å². The maximum atomic E-state index is 10.5. The summed E-state index contributed by atoms with van der Waals surface area (Å²) >= 11 is 7.09. The van der Waals surface area contributed by atoms with Crippen LogP contribution in [0.5, 0.6) is 0 Å². The summed E-state index contributed by atoms with van der Waals surface area (Å²) in [5.74, 6) is 1.13. The third-order valence-corrected chi connectivity index (χ3v) is 5.40. The zero-order valence-electron chi connectivity index (χ0n) is 18.5. The monoisotopic (exact) mass is 462 g/mol. The van der Waals surface area contributed by atoms with Crippen molar-refractivity contribution < 1.29 is 9.59 Å². The summed E-state index contributed by atoms with van der Waals surface area (Å²) < 4.78 is 1.73. The van der Waals surface area contributed by atoms with Gasteiger partial charge in [0.25, 0.3) is 0 Å². The van der Waals surface area contributed by atoms with Crippen LogP contribution in [0.15, 0.2) is 48.1 Å². The van der Waals surface area contributed by atoms with Gasteiger partial charge >= 0.3 is 0 Å². The fourth-order valence-electron chi connectivity index (χ4n) is 2.29. The number of anilines is 2. The Labute approximate surface area is 193 Å². The van der Waals surface area contributed by atoms with E-state index in [1.54, 1.807) is 35.1 Å². The van der Waals surface area contributed by atoms with E-state index in [-0.39, 0.29) is 0 Å². The molecule has 2 aromatic heterocycles. The van der Waals surface area contributed by atoms with Gasteiger partial charge in [-0.25, -0.2) is 4.68 Å². The molecule has 0 radical (unpaired) electrons. The Morgan fingerprint density at radius 1 is 1.26 bits per heavy atom. The van der Waals surface area contributed by atoms with Gasteiger partial charge in [0.05, 0.1) is 39.4 Å². The summed E-state index contributed by atoms with van der Waals surface area (Å²) in [6.45, 7) is 6.26. The second-order valence-electron chi connectivity index (χ2n) is 6.34. The van der Waals surface area contributed by atoms with Crippen LogP contribution in [-0.2, 0) is 4.79 Å². The molecule has 0 aliphatic heterocycles. The van der Waals surface area contributed by atoms with Crippen LogP contribution in [0.2, 0.25) is 5.02 Å². The fourth-order valence-corrected chi connectivity index (χ4v) is 3.15.